The largest absolute Gasteiger partial charge is 0.490 e. The molecule has 450 valence electrons. The van der Waals surface area contributed by atoms with E-state index in [9.17, 15) is 23.1 Å². The zero-order chi connectivity index (χ0) is 58.6. The highest BCUT2D eigenvalue weighted by Crippen LogP contribution is 2.50. The Morgan fingerprint density at radius 1 is 0.602 bits per heavy atom. The van der Waals surface area contributed by atoms with Crippen molar-refractivity contribution in [1.82, 2.24) is 9.44 Å². The topological polar surface area (TPSA) is 147 Å². The van der Waals surface area contributed by atoms with E-state index < -0.39 is 19.4 Å². The highest BCUT2D eigenvalue weighted by Gasteiger charge is 2.47. The maximum Gasteiger partial charge on any atom is 0.262 e. The van der Waals surface area contributed by atoms with Crippen LogP contribution in [0.5, 0.6) is 11.5 Å². The maximum absolute atomic E-state index is 13.7. The number of nitrogens with zero attached hydrogens (tertiary/aromatic N) is 2. The van der Waals surface area contributed by atoms with Gasteiger partial charge in [-0.25, -0.2) is 8.42 Å². The molecule has 4 aromatic carbocycles. The van der Waals surface area contributed by atoms with Crippen molar-refractivity contribution in [3.05, 3.63) is 116 Å². The Morgan fingerprint density at radius 2 is 1.06 bits per heavy atom. The third-order valence-electron chi connectivity index (χ3n) is 21.4. The van der Waals surface area contributed by atoms with Crippen LogP contribution in [0.25, 0.3) is 0 Å². The normalized spacial score (nSPS) is 35.5. The quantitative estimate of drug-likeness (QED) is 0.157. The van der Waals surface area contributed by atoms with E-state index in [-0.39, 0.29) is 63.1 Å². The van der Waals surface area contributed by atoms with E-state index in [2.05, 4.69) is 69.1 Å². The number of aliphatic hydroxyl groups excluding tert-OH is 1. The van der Waals surface area contributed by atoms with Gasteiger partial charge in [-0.3, -0.25) is 19.0 Å². The van der Waals surface area contributed by atoms with Gasteiger partial charge in [-0.1, -0.05) is 62.0 Å². The van der Waals surface area contributed by atoms with Crippen molar-refractivity contribution in [1.29, 1.82) is 0 Å². The summed E-state index contributed by atoms with van der Waals surface area (Å²) in [4.78, 5) is 31.9. The lowest BCUT2D eigenvalue weighted by atomic mass is 9.68. The molecule has 4 aliphatic heterocycles. The standard InChI is InChI=1S/C34H45ClN2O4S.C33H43ClN2O4S/c1-22-7-5-9-31(40-3)28-13-10-26(28)19-37-20-34(16-6-8-24-17-27(35)12-14-29(24)34)21-41-32-15-11-25(18-30(32)37)33(38)36-42(4,39)23(22)2;1-21-6-4-8-30(37)27-12-9-25(27)18-36-19-33(15-5-7-23-16-26(34)11-13-28(23)33)20-40-31-14-10-24(17-29(31)36)32(38)35-41(3,39)22(21)2/h11-12,14-15,17-18,22-23,26,28,31H,4-10,13,16,19-21H2,1-3H3,(H,36,38,39);10-11,13-14,16-17,21-22,25,27,30,37H,3-9,12,15,18-20H2,1-2H3,(H,35,38,39)/t22-,23+,26-,28+,31-,34-,42?;21-,22+,25-,27+,30-,33-,41?/m00/s1. The van der Waals surface area contributed by atoms with Gasteiger partial charge in [0.15, 0.2) is 0 Å². The molecule has 4 heterocycles. The number of carbonyl (C=O) groups is 2. The van der Waals surface area contributed by atoms with Gasteiger partial charge >= 0.3 is 0 Å². The molecule has 4 aliphatic carbocycles. The summed E-state index contributed by atoms with van der Waals surface area (Å²) in [6, 6.07) is 23.8. The van der Waals surface area contributed by atoms with Crippen molar-refractivity contribution in [3.63, 3.8) is 0 Å². The summed E-state index contributed by atoms with van der Waals surface area (Å²) in [5.41, 5.74) is 7.62. The first-order valence-electron chi connectivity index (χ1n) is 30.8. The van der Waals surface area contributed by atoms with Crippen molar-refractivity contribution in [2.75, 3.05) is 56.3 Å². The second-order valence-corrected chi connectivity index (χ2v) is 32.1. The number of carbonyl (C=O) groups excluding carboxylic acids is 2. The Bertz CT molecular complexity index is 3310. The minimum atomic E-state index is -2.88. The Kier molecular flexibility index (Phi) is 17.7. The van der Waals surface area contributed by atoms with Crippen LogP contribution in [-0.2, 0) is 47.8 Å². The molecule has 4 aromatic rings. The number of hydrogen-bond donors (Lipinski definition) is 3. The summed E-state index contributed by atoms with van der Waals surface area (Å²) >= 11 is 12.8. The third kappa shape index (κ3) is 12.3. The minimum absolute atomic E-state index is 0.109. The molecule has 0 saturated heterocycles. The van der Waals surface area contributed by atoms with Gasteiger partial charge in [0.2, 0.25) is 0 Å². The van der Waals surface area contributed by atoms with Crippen molar-refractivity contribution in [3.8, 4) is 11.5 Å². The Labute approximate surface area is 504 Å². The van der Waals surface area contributed by atoms with Gasteiger partial charge in [-0.05, 0) is 234 Å². The molecular formula is C67H88Cl2N4O8S2. The lowest BCUT2D eigenvalue weighted by molar-refractivity contribution is -0.0224. The molecule has 2 unspecified atom stereocenters. The second kappa shape index (κ2) is 24.4. The molecule has 2 amide bonds. The first-order chi connectivity index (χ1) is 39.7. The van der Waals surface area contributed by atoms with Gasteiger partial charge in [0, 0.05) is 75.8 Å². The van der Waals surface area contributed by atoms with Crippen LogP contribution in [0, 0.1) is 35.5 Å². The average Bonchev–Trinajstić information content (AvgIpc) is 2.84. The number of nitrogens with one attached hydrogen (secondary N) is 2. The molecule has 14 atom stereocenters. The number of anilines is 2. The number of hydrogen-bond acceptors (Lipinski definition) is 10. The molecule has 8 aliphatic rings. The Morgan fingerprint density at radius 3 is 1.51 bits per heavy atom. The summed E-state index contributed by atoms with van der Waals surface area (Å²) in [5.74, 6) is 10.7. The lowest BCUT2D eigenvalue weighted by Crippen LogP contribution is -2.50. The highest BCUT2D eigenvalue weighted by molar-refractivity contribution is 7.99. The van der Waals surface area contributed by atoms with Crippen LogP contribution in [0.15, 0.2) is 72.8 Å². The molecular weight excluding hydrogens is 1120 g/mol. The van der Waals surface area contributed by atoms with Gasteiger partial charge in [0.25, 0.3) is 11.8 Å². The molecule has 0 aromatic heterocycles. The Hall–Kier alpha value is -4.44. The first kappa shape index (κ1) is 60.3. The van der Waals surface area contributed by atoms with Gasteiger partial charge in [0.1, 0.15) is 11.5 Å². The van der Waals surface area contributed by atoms with Gasteiger partial charge in [-0.15, -0.1) is 0 Å². The van der Waals surface area contributed by atoms with Crippen molar-refractivity contribution >= 4 is 77.5 Å². The molecule has 83 heavy (non-hydrogen) atoms. The number of benzene rings is 4. The zero-order valence-electron chi connectivity index (χ0n) is 49.4. The van der Waals surface area contributed by atoms with E-state index in [1.807, 2.05) is 57.4 Å². The molecule has 12 nitrogen and oxygen atoms in total. The molecule has 4 bridgehead atoms. The fourth-order valence-corrected chi connectivity index (χ4v) is 19.0. The third-order valence-corrected chi connectivity index (χ3v) is 26.2. The van der Waals surface area contributed by atoms with E-state index in [4.69, 9.17) is 37.4 Å². The fraction of sp³-hybridized carbons (Fsp3) is 0.582. The predicted molar refractivity (Wildman–Crippen MR) is 340 cm³/mol. The van der Waals surface area contributed by atoms with E-state index in [0.717, 1.165) is 149 Å². The van der Waals surface area contributed by atoms with Gasteiger partial charge in [-0.2, -0.15) is 0 Å². The highest BCUT2D eigenvalue weighted by atomic mass is 35.5. The number of amides is 2. The number of methoxy groups -OCH3 is 1. The first-order valence-corrected chi connectivity index (χ1v) is 35.2. The predicted octanol–water partition coefficient (Wildman–Crippen LogP) is 12.2. The van der Waals surface area contributed by atoms with Crippen LogP contribution in [0.3, 0.4) is 0 Å². The zero-order valence-corrected chi connectivity index (χ0v) is 52.6. The van der Waals surface area contributed by atoms with Crippen LogP contribution >= 0.6 is 23.2 Å². The van der Waals surface area contributed by atoms with E-state index in [1.165, 1.54) is 35.1 Å². The molecule has 2 saturated carbocycles. The van der Waals surface area contributed by atoms with Crippen molar-refractivity contribution in [2.24, 2.45) is 35.5 Å². The molecule has 2 spiro atoms. The van der Waals surface area contributed by atoms with Crippen molar-refractivity contribution < 1.29 is 37.3 Å². The number of aliphatic hydroxyl groups is 1. The minimum Gasteiger partial charge on any atom is -0.490 e. The molecule has 12 rings (SSSR count). The summed E-state index contributed by atoms with van der Waals surface area (Å²) in [5, 5.41) is 12.2. The molecule has 16 heteroatoms. The SMILES string of the molecule is C=S1(=O)NC(=O)c2ccc3c(c2)N(C[C@@H]2CC[C@H]2[C@@H](O)CCC[C@H](C)[C@H]1C)C[C@@]1(CCCc2cc(Cl)ccc21)CO3.C=S1(=O)NC(=O)c2ccc3c(c2)N(C[C@@H]2CC[C@H]2[C@@H](OC)CCC[C@H](C)[C@H]1C)C[C@@]1(CCCc2cc(Cl)ccc21)CO3. The number of fused-ring (bicyclic) bond motifs is 8. The number of rotatable bonds is 1. The number of aryl methyl sites for hydroxylation is 2. The summed E-state index contributed by atoms with van der Waals surface area (Å²) < 4.78 is 52.2. The van der Waals surface area contributed by atoms with Crippen molar-refractivity contribution in [2.45, 2.75) is 164 Å². The smallest absolute Gasteiger partial charge is 0.262 e. The summed E-state index contributed by atoms with van der Waals surface area (Å²) in [6.07, 6.45) is 15.9. The number of ether oxygens (including phenoxy) is 3. The van der Waals surface area contributed by atoms with Crippen LogP contribution in [0.1, 0.15) is 161 Å². The summed E-state index contributed by atoms with van der Waals surface area (Å²) in [6.45, 7) is 12.4. The van der Waals surface area contributed by atoms with Crippen LogP contribution < -0.4 is 28.7 Å². The van der Waals surface area contributed by atoms with Crippen LogP contribution in [-0.4, -0.2) is 106 Å². The van der Waals surface area contributed by atoms with Gasteiger partial charge in [0.05, 0.1) is 56.2 Å². The Balaban J connectivity index is 0.000000174. The van der Waals surface area contributed by atoms with Crippen LogP contribution in [0.2, 0.25) is 10.0 Å². The van der Waals surface area contributed by atoms with E-state index in [1.54, 1.807) is 12.1 Å². The van der Waals surface area contributed by atoms with Crippen LogP contribution in [0.4, 0.5) is 11.4 Å². The maximum atomic E-state index is 13.7. The van der Waals surface area contributed by atoms with Gasteiger partial charge < -0.3 is 29.1 Å². The average molecular weight is 1210 g/mol. The molecule has 3 N–H and O–H groups in total. The molecule has 2 fully saturated rings. The molecule has 0 radical (unpaired) electrons. The summed E-state index contributed by atoms with van der Waals surface area (Å²) in [7, 11) is -3.88. The number of halogens is 2. The monoisotopic (exact) mass is 1210 g/mol. The van der Waals surface area contributed by atoms with E-state index in [0.29, 0.717) is 42.1 Å². The second-order valence-electron chi connectivity index (χ2n) is 26.5. The lowest BCUT2D eigenvalue weighted by Gasteiger charge is -2.46. The van der Waals surface area contributed by atoms with E-state index >= 15 is 0 Å². The fourth-order valence-electron chi connectivity index (χ4n) is 15.6.